The van der Waals surface area contributed by atoms with Gasteiger partial charge in [0, 0.05) is 11.8 Å². The first-order valence-corrected chi connectivity index (χ1v) is 9.57. The fourth-order valence-electron chi connectivity index (χ4n) is 6.71. The second-order valence-electron chi connectivity index (χ2n) is 8.86. The fraction of sp³-hybridized carbons (Fsp3) is 0.727. The van der Waals surface area contributed by atoms with Crippen LogP contribution in [-0.4, -0.2) is 17.8 Å². The first-order valence-electron chi connectivity index (χ1n) is 9.57. The summed E-state index contributed by atoms with van der Waals surface area (Å²) in [5.41, 5.74) is 2.33. The van der Waals surface area contributed by atoms with E-state index in [1.54, 1.807) is 18.3 Å². The first-order chi connectivity index (χ1) is 11.4. The van der Waals surface area contributed by atoms with Crippen molar-refractivity contribution in [2.24, 2.45) is 29.1 Å². The number of terminal acetylenes is 1. The highest BCUT2D eigenvalue weighted by molar-refractivity contribution is 5.34. The van der Waals surface area contributed by atoms with Crippen molar-refractivity contribution in [3.63, 3.8) is 0 Å². The van der Waals surface area contributed by atoms with Gasteiger partial charge in [-0.3, -0.25) is 0 Å². The molecule has 0 aromatic carbocycles. The number of fused-ring (bicyclic) bond motifs is 4. The summed E-state index contributed by atoms with van der Waals surface area (Å²) < 4.78 is 5.51. The van der Waals surface area contributed by atoms with Crippen LogP contribution in [0.15, 0.2) is 23.0 Å². The van der Waals surface area contributed by atoms with Crippen molar-refractivity contribution >= 4 is 0 Å². The van der Waals surface area contributed by atoms with Crippen molar-refractivity contribution < 1.29 is 9.84 Å². The summed E-state index contributed by atoms with van der Waals surface area (Å²) in [6.45, 7) is 4.69. The van der Waals surface area contributed by atoms with E-state index in [4.69, 9.17) is 11.2 Å². The van der Waals surface area contributed by atoms with Crippen LogP contribution in [-0.2, 0) is 4.74 Å². The Morgan fingerprint density at radius 1 is 1.33 bits per heavy atom. The van der Waals surface area contributed by atoms with Crippen molar-refractivity contribution in [1.82, 2.24) is 0 Å². The molecule has 4 rings (SSSR count). The summed E-state index contributed by atoms with van der Waals surface area (Å²) in [6, 6.07) is 0. The number of hydrogen-bond acceptors (Lipinski definition) is 2. The maximum atomic E-state index is 11.1. The van der Waals surface area contributed by atoms with E-state index in [1.807, 2.05) is 0 Å². The van der Waals surface area contributed by atoms with Crippen LogP contribution in [0.1, 0.15) is 58.8 Å². The van der Waals surface area contributed by atoms with Gasteiger partial charge < -0.3 is 9.84 Å². The van der Waals surface area contributed by atoms with E-state index in [2.05, 4.69) is 25.8 Å². The molecule has 130 valence electrons. The Bertz CT molecular complexity index is 651. The van der Waals surface area contributed by atoms with Crippen LogP contribution in [0.25, 0.3) is 0 Å². The molecule has 4 aliphatic rings. The van der Waals surface area contributed by atoms with Gasteiger partial charge in [-0.15, -0.1) is 6.42 Å². The highest BCUT2D eigenvalue weighted by Crippen LogP contribution is 2.65. The predicted molar refractivity (Wildman–Crippen MR) is 96.0 cm³/mol. The molecule has 0 aromatic rings. The van der Waals surface area contributed by atoms with Gasteiger partial charge in [0.1, 0.15) is 5.60 Å². The van der Waals surface area contributed by atoms with Crippen LogP contribution in [0.4, 0.5) is 0 Å². The summed E-state index contributed by atoms with van der Waals surface area (Å²) in [7, 11) is 1.79. The van der Waals surface area contributed by atoms with Gasteiger partial charge in [-0.1, -0.05) is 30.9 Å². The second-order valence-corrected chi connectivity index (χ2v) is 8.86. The van der Waals surface area contributed by atoms with Crippen LogP contribution in [0.3, 0.4) is 0 Å². The summed E-state index contributed by atoms with van der Waals surface area (Å²) in [5, 5.41) is 11.1. The highest BCUT2D eigenvalue weighted by Gasteiger charge is 2.62. The SMILES string of the molecule is C#C[C@]1(O)CC[C@@H]2[C@H]3[C@H](C)CC4=C(CC=C(OC)C4)[C@@H]3CC[C@@]21C. The van der Waals surface area contributed by atoms with Crippen molar-refractivity contribution in [2.75, 3.05) is 7.11 Å². The molecular weight excluding hydrogens is 296 g/mol. The van der Waals surface area contributed by atoms with Gasteiger partial charge in [-0.2, -0.15) is 0 Å². The van der Waals surface area contributed by atoms with E-state index in [1.165, 1.54) is 12.8 Å². The average Bonchev–Trinajstić information content (AvgIpc) is 2.86. The Labute approximate surface area is 146 Å². The molecule has 0 saturated heterocycles. The van der Waals surface area contributed by atoms with E-state index in [0.29, 0.717) is 23.7 Å². The molecule has 0 spiro atoms. The lowest BCUT2D eigenvalue weighted by Crippen LogP contribution is -2.52. The topological polar surface area (TPSA) is 29.5 Å². The monoisotopic (exact) mass is 326 g/mol. The summed E-state index contributed by atoms with van der Waals surface area (Å²) >= 11 is 0. The Hall–Kier alpha value is -1.20. The minimum Gasteiger partial charge on any atom is -0.501 e. The Balaban J connectivity index is 1.68. The largest absolute Gasteiger partial charge is 0.501 e. The van der Waals surface area contributed by atoms with Crippen molar-refractivity contribution in [1.29, 1.82) is 0 Å². The third-order valence-electron chi connectivity index (χ3n) is 8.05. The molecule has 2 nitrogen and oxygen atoms in total. The summed E-state index contributed by atoms with van der Waals surface area (Å²) in [4.78, 5) is 0. The quantitative estimate of drug-likeness (QED) is 0.570. The zero-order valence-corrected chi connectivity index (χ0v) is 15.3. The third-order valence-corrected chi connectivity index (χ3v) is 8.05. The molecule has 6 atom stereocenters. The molecule has 2 saturated carbocycles. The first kappa shape index (κ1) is 16.3. The number of ether oxygens (including phenoxy) is 1. The maximum Gasteiger partial charge on any atom is 0.130 e. The van der Waals surface area contributed by atoms with E-state index in [-0.39, 0.29) is 5.41 Å². The van der Waals surface area contributed by atoms with Gasteiger partial charge in [0.25, 0.3) is 0 Å². The lowest BCUT2D eigenvalue weighted by Gasteiger charge is -2.55. The number of hydrogen-bond donors (Lipinski definition) is 1. The van der Waals surface area contributed by atoms with Gasteiger partial charge in [0.05, 0.1) is 12.9 Å². The third kappa shape index (κ3) is 2.00. The molecular formula is C22H30O2. The summed E-state index contributed by atoms with van der Waals surface area (Å²) in [6.07, 6.45) is 15.4. The van der Waals surface area contributed by atoms with Gasteiger partial charge in [-0.25, -0.2) is 0 Å². The van der Waals surface area contributed by atoms with E-state index in [9.17, 15) is 5.11 Å². The number of aliphatic hydroxyl groups is 1. The molecule has 0 heterocycles. The zero-order valence-electron chi connectivity index (χ0n) is 15.3. The average molecular weight is 326 g/mol. The molecule has 2 heteroatoms. The molecule has 0 aliphatic heterocycles. The van der Waals surface area contributed by atoms with Gasteiger partial charge in [0.15, 0.2) is 0 Å². The zero-order chi connectivity index (χ0) is 17.1. The van der Waals surface area contributed by atoms with Gasteiger partial charge in [0.2, 0.25) is 0 Å². The molecule has 4 aliphatic carbocycles. The lowest BCUT2D eigenvalue weighted by atomic mass is 9.50. The van der Waals surface area contributed by atoms with E-state index >= 15 is 0 Å². The smallest absolute Gasteiger partial charge is 0.130 e. The van der Waals surface area contributed by atoms with Crippen LogP contribution in [0.5, 0.6) is 0 Å². The Morgan fingerprint density at radius 2 is 2.12 bits per heavy atom. The molecule has 1 N–H and O–H groups in total. The number of rotatable bonds is 1. The molecule has 2 fully saturated rings. The second kappa shape index (κ2) is 5.40. The van der Waals surface area contributed by atoms with Crippen LogP contribution < -0.4 is 0 Å². The molecule has 0 unspecified atom stereocenters. The molecule has 0 bridgehead atoms. The van der Waals surface area contributed by atoms with Crippen molar-refractivity contribution in [2.45, 2.75) is 64.4 Å². The maximum absolute atomic E-state index is 11.1. The minimum absolute atomic E-state index is 0.0998. The van der Waals surface area contributed by atoms with E-state index in [0.717, 1.165) is 37.9 Å². The molecule has 24 heavy (non-hydrogen) atoms. The fourth-order valence-corrected chi connectivity index (χ4v) is 6.71. The molecule has 0 amide bonds. The Kier molecular flexibility index (Phi) is 3.66. The van der Waals surface area contributed by atoms with Crippen LogP contribution in [0, 0.1) is 41.4 Å². The predicted octanol–water partition coefficient (Wildman–Crippen LogP) is 4.45. The van der Waals surface area contributed by atoms with Gasteiger partial charge in [-0.05, 0) is 68.3 Å². The number of allylic oxidation sites excluding steroid dienone is 3. The normalized spacial score (nSPS) is 47.2. The molecule has 0 radical (unpaired) electrons. The van der Waals surface area contributed by atoms with Crippen molar-refractivity contribution in [3.8, 4) is 12.3 Å². The van der Waals surface area contributed by atoms with Crippen molar-refractivity contribution in [3.05, 3.63) is 23.0 Å². The highest BCUT2D eigenvalue weighted by atomic mass is 16.5. The van der Waals surface area contributed by atoms with Crippen LogP contribution in [0.2, 0.25) is 0 Å². The van der Waals surface area contributed by atoms with E-state index < -0.39 is 5.60 Å². The lowest BCUT2D eigenvalue weighted by molar-refractivity contribution is -0.0803. The Morgan fingerprint density at radius 3 is 2.83 bits per heavy atom. The molecule has 0 aromatic heterocycles. The van der Waals surface area contributed by atoms with Gasteiger partial charge >= 0.3 is 0 Å². The van der Waals surface area contributed by atoms with Crippen LogP contribution >= 0.6 is 0 Å². The number of methoxy groups -OCH3 is 1. The summed E-state index contributed by atoms with van der Waals surface area (Å²) in [5.74, 6) is 6.53. The minimum atomic E-state index is -0.896. The standard InChI is InChI=1S/C22H30O2/c1-5-22(23)11-9-19-20-14(2)12-15-13-16(24-4)6-7-17(15)18(20)8-10-21(19,22)3/h1,6,14,18-20,23H,7-13H2,2-4H3/t14-,18+,19-,20+,21+,22+/m1/s1.